The van der Waals surface area contributed by atoms with Crippen LogP contribution in [0.15, 0.2) is 12.4 Å². The average Bonchev–Trinajstić information content (AvgIpc) is 2.60. The van der Waals surface area contributed by atoms with Gasteiger partial charge >= 0.3 is 5.97 Å². The van der Waals surface area contributed by atoms with E-state index in [1.54, 1.807) is 16.8 Å². The third kappa shape index (κ3) is 1.78. The first-order valence-corrected chi connectivity index (χ1v) is 4.44. The zero-order valence-electron chi connectivity index (χ0n) is 8.47. The van der Waals surface area contributed by atoms with Crippen LogP contribution in [0, 0.1) is 6.92 Å². The standard InChI is InChI=1S/C9H10N4O2/c1-6-3-7-11-12-8(4-9(14)15-2)13(7)5-10-6/h3,5H,4H2,1-2H3. The number of ether oxygens (including phenoxy) is 1. The molecular weight excluding hydrogens is 196 g/mol. The number of hydrogen-bond acceptors (Lipinski definition) is 5. The van der Waals surface area contributed by atoms with Crippen molar-refractivity contribution in [2.75, 3.05) is 7.11 Å². The normalized spacial score (nSPS) is 10.5. The van der Waals surface area contributed by atoms with Crippen molar-refractivity contribution >= 4 is 11.6 Å². The van der Waals surface area contributed by atoms with Crippen molar-refractivity contribution in [3.05, 3.63) is 23.9 Å². The van der Waals surface area contributed by atoms with Gasteiger partial charge in [-0.05, 0) is 6.92 Å². The number of fused-ring (bicyclic) bond motifs is 1. The molecule has 0 aliphatic carbocycles. The quantitative estimate of drug-likeness (QED) is 0.654. The first-order chi connectivity index (χ1) is 7.20. The molecule has 2 aromatic heterocycles. The fourth-order valence-electron chi connectivity index (χ4n) is 1.26. The summed E-state index contributed by atoms with van der Waals surface area (Å²) in [5.41, 5.74) is 1.54. The van der Waals surface area contributed by atoms with Crippen LogP contribution in [-0.4, -0.2) is 32.7 Å². The fourth-order valence-corrected chi connectivity index (χ4v) is 1.26. The highest BCUT2D eigenvalue weighted by Crippen LogP contribution is 2.04. The lowest BCUT2D eigenvalue weighted by Gasteiger charge is -1.98. The second kappa shape index (κ2) is 3.64. The van der Waals surface area contributed by atoms with Gasteiger partial charge in [0.2, 0.25) is 0 Å². The molecular formula is C9H10N4O2. The van der Waals surface area contributed by atoms with Gasteiger partial charge in [0.05, 0.1) is 7.11 Å². The number of rotatable bonds is 2. The zero-order valence-corrected chi connectivity index (χ0v) is 8.47. The van der Waals surface area contributed by atoms with E-state index in [0.29, 0.717) is 11.5 Å². The Kier molecular flexibility index (Phi) is 2.32. The van der Waals surface area contributed by atoms with E-state index in [1.807, 2.05) is 6.92 Å². The zero-order chi connectivity index (χ0) is 10.8. The molecule has 0 aliphatic heterocycles. The molecule has 2 aromatic rings. The van der Waals surface area contributed by atoms with Crippen molar-refractivity contribution in [2.45, 2.75) is 13.3 Å². The lowest BCUT2D eigenvalue weighted by Crippen LogP contribution is -2.08. The van der Waals surface area contributed by atoms with E-state index in [4.69, 9.17) is 0 Å². The molecule has 78 valence electrons. The van der Waals surface area contributed by atoms with E-state index in [2.05, 4.69) is 19.9 Å². The van der Waals surface area contributed by atoms with Gasteiger partial charge in [0.15, 0.2) is 5.65 Å². The van der Waals surface area contributed by atoms with Crippen LogP contribution in [0.3, 0.4) is 0 Å². The molecule has 2 rings (SSSR count). The molecule has 0 fully saturated rings. The van der Waals surface area contributed by atoms with E-state index in [0.717, 1.165) is 5.69 Å². The maximum atomic E-state index is 11.1. The van der Waals surface area contributed by atoms with E-state index in [-0.39, 0.29) is 12.4 Å². The number of hydrogen-bond donors (Lipinski definition) is 0. The molecule has 2 heterocycles. The molecule has 6 heteroatoms. The topological polar surface area (TPSA) is 69.4 Å². The van der Waals surface area contributed by atoms with Crippen molar-refractivity contribution in [3.63, 3.8) is 0 Å². The van der Waals surface area contributed by atoms with Crippen LogP contribution in [0.4, 0.5) is 0 Å². The minimum absolute atomic E-state index is 0.0996. The third-order valence-corrected chi connectivity index (χ3v) is 2.04. The summed E-state index contributed by atoms with van der Waals surface area (Å²) in [6.07, 6.45) is 1.70. The van der Waals surface area contributed by atoms with Gasteiger partial charge < -0.3 is 4.74 Å². The summed E-state index contributed by atoms with van der Waals surface area (Å²) in [6.45, 7) is 1.87. The van der Waals surface area contributed by atoms with Crippen molar-refractivity contribution < 1.29 is 9.53 Å². The Morgan fingerprint density at radius 2 is 2.33 bits per heavy atom. The van der Waals surface area contributed by atoms with Crippen LogP contribution in [0.5, 0.6) is 0 Å². The van der Waals surface area contributed by atoms with Gasteiger partial charge in [0.25, 0.3) is 0 Å². The average molecular weight is 206 g/mol. The molecule has 0 radical (unpaired) electrons. The van der Waals surface area contributed by atoms with Crippen LogP contribution in [0.2, 0.25) is 0 Å². The van der Waals surface area contributed by atoms with Crippen LogP contribution in [-0.2, 0) is 16.0 Å². The number of aryl methyl sites for hydroxylation is 1. The van der Waals surface area contributed by atoms with Crippen molar-refractivity contribution in [2.24, 2.45) is 0 Å². The van der Waals surface area contributed by atoms with Gasteiger partial charge in [-0.1, -0.05) is 0 Å². The van der Waals surface area contributed by atoms with Crippen LogP contribution >= 0.6 is 0 Å². The number of esters is 1. The number of carbonyl (C=O) groups excluding carboxylic acids is 1. The fraction of sp³-hybridized carbons (Fsp3) is 0.333. The minimum Gasteiger partial charge on any atom is -0.469 e. The van der Waals surface area contributed by atoms with Gasteiger partial charge in [-0.2, -0.15) is 0 Å². The molecule has 15 heavy (non-hydrogen) atoms. The molecule has 6 nitrogen and oxygen atoms in total. The van der Waals surface area contributed by atoms with E-state index < -0.39 is 0 Å². The third-order valence-electron chi connectivity index (χ3n) is 2.04. The molecule has 0 N–H and O–H groups in total. The summed E-state index contributed by atoms with van der Waals surface area (Å²) >= 11 is 0. The van der Waals surface area contributed by atoms with Crippen LogP contribution in [0.1, 0.15) is 11.5 Å². The predicted molar refractivity (Wildman–Crippen MR) is 51.2 cm³/mol. The molecule has 0 bridgehead atoms. The number of carbonyl (C=O) groups is 1. The minimum atomic E-state index is -0.343. The molecule has 0 saturated carbocycles. The number of aromatic nitrogens is 4. The van der Waals surface area contributed by atoms with Crippen LogP contribution < -0.4 is 0 Å². The predicted octanol–water partition coefficient (Wildman–Crippen LogP) is 0.148. The highest BCUT2D eigenvalue weighted by molar-refractivity contribution is 5.71. The summed E-state index contributed by atoms with van der Waals surface area (Å²) < 4.78 is 6.23. The smallest absolute Gasteiger partial charge is 0.313 e. The Morgan fingerprint density at radius 1 is 1.53 bits per heavy atom. The van der Waals surface area contributed by atoms with E-state index >= 15 is 0 Å². The monoisotopic (exact) mass is 206 g/mol. The number of methoxy groups -OCH3 is 1. The Morgan fingerprint density at radius 3 is 3.07 bits per heavy atom. The van der Waals surface area contributed by atoms with E-state index in [1.165, 1.54) is 7.11 Å². The highest BCUT2D eigenvalue weighted by atomic mass is 16.5. The molecule has 0 amide bonds. The summed E-state index contributed by atoms with van der Waals surface area (Å²) in [5.74, 6) is 0.189. The Balaban J connectivity index is 2.41. The molecule has 0 unspecified atom stereocenters. The first-order valence-electron chi connectivity index (χ1n) is 4.44. The summed E-state index contributed by atoms with van der Waals surface area (Å²) in [6, 6.07) is 1.80. The van der Waals surface area contributed by atoms with Crippen LogP contribution in [0.25, 0.3) is 5.65 Å². The Hall–Kier alpha value is -1.98. The maximum Gasteiger partial charge on any atom is 0.313 e. The lowest BCUT2D eigenvalue weighted by atomic mass is 10.4. The molecule has 0 atom stereocenters. The largest absolute Gasteiger partial charge is 0.469 e. The molecule has 0 aliphatic rings. The highest BCUT2D eigenvalue weighted by Gasteiger charge is 2.10. The second-order valence-electron chi connectivity index (χ2n) is 3.13. The van der Waals surface area contributed by atoms with Gasteiger partial charge in [-0.25, -0.2) is 4.98 Å². The Labute approximate surface area is 85.9 Å². The SMILES string of the molecule is COC(=O)Cc1nnc2cc(C)ncn12. The van der Waals surface area contributed by atoms with E-state index in [9.17, 15) is 4.79 Å². The lowest BCUT2D eigenvalue weighted by molar-refractivity contribution is -0.139. The van der Waals surface area contributed by atoms with Crippen molar-refractivity contribution in [1.82, 2.24) is 19.6 Å². The summed E-state index contributed by atoms with van der Waals surface area (Å²) in [7, 11) is 1.34. The van der Waals surface area contributed by atoms with Gasteiger partial charge in [-0.3, -0.25) is 9.20 Å². The van der Waals surface area contributed by atoms with Gasteiger partial charge in [0.1, 0.15) is 18.6 Å². The first kappa shape index (κ1) is 9.57. The summed E-state index contributed by atoms with van der Waals surface area (Å²) in [5, 5.41) is 7.83. The maximum absolute atomic E-state index is 11.1. The molecule has 0 spiro atoms. The van der Waals surface area contributed by atoms with Gasteiger partial charge in [-0.15, -0.1) is 10.2 Å². The molecule has 0 saturated heterocycles. The second-order valence-corrected chi connectivity index (χ2v) is 3.13. The Bertz CT molecular complexity index is 506. The van der Waals surface area contributed by atoms with Gasteiger partial charge in [0, 0.05) is 11.8 Å². The molecule has 0 aromatic carbocycles. The van der Waals surface area contributed by atoms with Crippen molar-refractivity contribution in [1.29, 1.82) is 0 Å². The number of nitrogens with zero attached hydrogens (tertiary/aromatic N) is 4. The summed E-state index contributed by atoms with van der Waals surface area (Å²) in [4.78, 5) is 15.2. The van der Waals surface area contributed by atoms with Crippen molar-refractivity contribution in [3.8, 4) is 0 Å².